The number of carbonyl (C=O) groups is 2. The van der Waals surface area contributed by atoms with Crippen molar-refractivity contribution in [3.05, 3.63) is 64.7 Å². The van der Waals surface area contributed by atoms with Gasteiger partial charge in [0.25, 0.3) is 0 Å². The average molecular weight is 400 g/mol. The van der Waals surface area contributed by atoms with Crippen LogP contribution in [0.15, 0.2) is 47.6 Å². The molecule has 5 nitrogen and oxygen atoms in total. The van der Waals surface area contributed by atoms with Gasteiger partial charge in [0.15, 0.2) is 0 Å². The van der Waals surface area contributed by atoms with Crippen molar-refractivity contribution in [3.8, 4) is 0 Å². The Morgan fingerprint density at radius 1 is 0.867 bits per heavy atom. The number of oxime groups is 1. The smallest absolute Gasteiger partial charge is 0.238 e. The Morgan fingerprint density at radius 2 is 1.50 bits per heavy atom. The minimum absolute atomic E-state index is 0.0384. The summed E-state index contributed by atoms with van der Waals surface area (Å²) in [6, 6.07) is 14.2. The summed E-state index contributed by atoms with van der Waals surface area (Å²) in [7, 11) is 0. The fourth-order valence-electron chi connectivity index (χ4n) is 6.47. The van der Waals surface area contributed by atoms with Crippen LogP contribution in [0.1, 0.15) is 28.7 Å². The van der Waals surface area contributed by atoms with Gasteiger partial charge in [-0.2, -0.15) is 0 Å². The van der Waals surface area contributed by atoms with Crippen molar-refractivity contribution in [1.29, 1.82) is 0 Å². The molecule has 6 rings (SSSR count). The van der Waals surface area contributed by atoms with E-state index >= 15 is 0 Å². The van der Waals surface area contributed by atoms with Crippen molar-refractivity contribution >= 4 is 23.2 Å². The second-order valence-corrected chi connectivity index (χ2v) is 9.31. The van der Waals surface area contributed by atoms with E-state index in [4.69, 9.17) is 4.84 Å². The van der Waals surface area contributed by atoms with E-state index in [0.717, 1.165) is 34.5 Å². The molecule has 4 aliphatic rings. The summed E-state index contributed by atoms with van der Waals surface area (Å²) in [5.74, 6) is -0.380. The quantitative estimate of drug-likeness (QED) is 0.721. The Morgan fingerprint density at radius 3 is 2.17 bits per heavy atom. The number of amides is 2. The molecule has 0 aromatic heterocycles. The lowest BCUT2D eigenvalue weighted by molar-refractivity contribution is -0.125. The van der Waals surface area contributed by atoms with Gasteiger partial charge in [0.1, 0.15) is 6.10 Å². The number of imide groups is 1. The largest absolute Gasteiger partial charge is 0.391 e. The third-order valence-corrected chi connectivity index (χ3v) is 7.70. The van der Waals surface area contributed by atoms with Crippen LogP contribution in [0.2, 0.25) is 0 Å². The standard InChI is InChI=1S/C25H24N2O3/c1-12-7-9-15(10-8-12)21-20-16-11-17(23(20)30-26-21)19-18(16)24(28)27(25(19)29)22-13(2)5-4-6-14(22)3/h4-10,16-20,23H,11H2,1-3H3/t16-,17+,18+,19-,20-,23-/m0/s1. The average Bonchev–Trinajstić information content (AvgIpc) is 3.45. The molecule has 5 heteroatoms. The number of para-hydroxylation sites is 1. The predicted octanol–water partition coefficient (Wildman–Crippen LogP) is 3.79. The van der Waals surface area contributed by atoms with E-state index in [1.165, 1.54) is 10.5 Å². The number of anilines is 1. The highest BCUT2D eigenvalue weighted by atomic mass is 16.6. The summed E-state index contributed by atoms with van der Waals surface area (Å²) < 4.78 is 0. The summed E-state index contributed by atoms with van der Waals surface area (Å²) >= 11 is 0. The lowest BCUT2D eigenvalue weighted by atomic mass is 9.71. The second kappa shape index (κ2) is 6.03. The van der Waals surface area contributed by atoms with Crippen LogP contribution in [0.4, 0.5) is 5.69 Å². The normalized spacial score (nSPS) is 33.6. The van der Waals surface area contributed by atoms with Crippen molar-refractivity contribution in [1.82, 2.24) is 0 Å². The fourth-order valence-corrected chi connectivity index (χ4v) is 6.47. The van der Waals surface area contributed by atoms with Gasteiger partial charge in [0.2, 0.25) is 11.8 Å². The molecule has 2 amide bonds. The Bertz CT molecular complexity index is 1100. The van der Waals surface area contributed by atoms with Crippen LogP contribution in [-0.2, 0) is 14.4 Å². The SMILES string of the molecule is Cc1ccc(C2=NO[C@H]3[C@@H]4C[C@H]([C@@H]23)[C@H]2C(=O)N(c3c(C)cccc3C)C(=O)[C@@H]42)cc1. The molecule has 3 fully saturated rings. The van der Waals surface area contributed by atoms with Crippen molar-refractivity contribution in [2.24, 2.45) is 34.7 Å². The van der Waals surface area contributed by atoms with Gasteiger partial charge in [-0.25, -0.2) is 4.90 Å². The molecule has 0 unspecified atom stereocenters. The van der Waals surface area contributed by atoms with Crippen molar-refractivity contribution in [2.45, 2.75) is 33.3 Å². The molecule has 1 saturated heterocycles. The van der Waals surface area contributed by atoms with Crippen LogP contribution >= 0.6 is 0 Å². The second-order valence-electron chi connectivity index (χ2n) is 9.31. The first-order chi connectivity index (χ1) is 14.5. The van der Waals surface area contributed by atoms with E-state index in [9.17, 15) is 9.59 Å². The molecule has 2 aliphatic heterocycles. The Hall–Kier alpha value is -2.95. The Balaban J connectivity index is 1.38. The van der Waals surface area contributed by atoms with Crippen LogP contribution < -0.4 is 4.90 Å². The lowest BCUT2D eigenvalue weighted by Gasteiger charge is -2.29. The zero-order valence-corrected chi connectivity index (χ0v) is 17.3. The molecule has 30 heavy (non-hydrogen) atoms. The molecule has 2 aromatic carbocycles. The summed E-state index contributed by atoms with van der Waals surface area (Å²) in [6.07, 6.45) is 0.774. The van der Waals surface area contributed by atoms with Crippen molar-refractivity contribution in [2.75, 3.05) is 4.90 Å². The molecular weight excluding hydrogens is 376 g/mol. The molecule has 0 radical (unpaired) electrons. The Kier molecular flexibility index (Phi) is 3.59. The molecular formula is C25H24N2O3. The number of carbonyl (C=O) groups excluding carboxylic acids is 2. The van der Waals surface area contributed by atoms with Crippen LogP contribution in [0.3, 0.4) is 0 Å². The summed E-state index contributed by atoms with van der Waals surface area (Å²) in [6.45, 7) is 5.99. The molecule has 0 spiro atoms. The number of benzene rings is 2. The lowest BCUT2D eigenvalue weighted by Crippen LogP contribution is -2.41. The van der Waals surface area contributed by atoms with Gasteiger partial charge in [-0.15, -0.1) is 0 Å². The maximum Gasteiger partial charge on any atom is 0.238 e. The van der Waals surface area contributed by atoms with Crippen LogP contribution in [0, 0.1) is 50.4 Å². The monoisotopic (exact) mass is 400 g/mol. The van der Waals surface area contributed by atoms with Crippen LogP contribution in [0.25, 0.3) is 0 Å². The number of hydrogen-bond donors (Lipinski definition) is 0. The third-order valence-electron chi connectivity index (χ3n) is 7.70. The first kappa shape index (κ1) is 17.9. The molecule has 2 aliphatic carbocycles. The van der Waals surface area contributed by atoms with E-state index in [1.807, 2.05) is 32.0 Å². The van der Waals surface area contributed by atoms with Crippen LogP contribution in [0.5, 0.6) is 0 Å². The summed E-state index contributed by atoms with van der Waals surface area (Å²) in [5.41, 5.74) is 5.88. The first-order valence-electron chi connectivity index (χ1n) is 10.7. The van der Waals surface area contributed by atoms with Gasteiger partial charge in [-0.3, -0.25) is 9.59 Å². The Labute approximate surface area is 175 Å². The molecule has 2 bridgehead atoms. The zero-order chi connectivity index (χ0) is 20.7. The maximum absolute atomic E-state index is 13.6. The highest BCUT2D eigenvalue weighted by molar-refractivity contribution is 6.23. The number of rotatable bonds is 2. The molecule has 2 heterocycles. The van der Waals surface area contributed by atoms with Gasteiger partial charge in [-0.05, 0) is 49.8 Å². The van der Waals surface area contributed by atoms with Gasteiger partial charge >= 0.3 is 0 Å². The number of aryl methyl sites for hydroxylation is 3. The highest BCUT2D eigenvalue weighted by Crippen LogP contribution is 2.62. The number of fused-ring (bicyclic) bond motifs is 8. The molecule has 2 aromatic rings. The fraction of sp³-hybridized carbons (Fsp3) is 0.400. The van der Waals surface area contributed by atoms with E-state index in [1.54, 1.807) is 0 Å². The molecule has 6 atom stereocenters. The molecule has 0 N–H and O–H groups in total. The van der Waals surface area contributed by atoms with Crippen molar-refractivity contribution in [3.63, 3.8) is 0 Å². The predicted molar refractivity (Wildman–Crippen MR) is 113 cm³/mol. The minimum atomic E-state index is -0.282. The number of hydrogen-bond acceptors (Lipinski definition) is 4. The molecule has 2 saturated carbocycles. The number of nitrogens with zero attached hydrogens (tertiary/aromatic N) is 2. The summed E-state index contributed by atoms with van der Waals surface area (Å²) in [4.78, 5) is 34.4. The van der Waals surface area contributed by atoms with E-state index in [0.29, 0.717) is 0 Å². The zero-order valence-electron chi connectivity index (χ0n) is 17.3. The van der Waals surface area contributed by atoms with Crippen molar-refractivity contribution < 1.29 is 14.4 Å². The third kappa shape index (κ3) is 2.15. The van der Waals surface area contributed by atoms with Gasteiger partial charge in [0.05, 0.1) is 23.2 Å². The van der Waals surface area contributed by atoms with Gasteiger partial charge in [0, 0.05) is 11.8 Å². The summed E-state index contributed by atoms with van der Waals surface area (Å²) in [5, 5.41) is 4.42. The topological polar surface area (TPSA) is 59.0 Å². The molecule has 152 valence electrons. The first-order valence-corrected chi connectivity index (χ1v) is 10.7. The van der Waals surface area contributed by atoms with E-state index < -0.39 is 0 Å². The van der Waals surface area contributed by atoms with Gasteiger partial charge in [-0.1, -0.05) is 53.2 Å². The maximum atomic E-state index is 13.6. The van der Waals surface area contributed by atoms with E-state index in [-0.39, 0.29) is 47.5 Å². The van der Waals surface area contributed by atoms with Gasteiger partial charge < -0.3 is 4.84 Å². The minimum Gasteiger partial charge on any atom is -0.391 e. The highest BCUT2D eigenvalue weighted by Gasteiger charge is 2.70. The van der Waals surface area contributed by atoms with Crippen LogP contribution in [-0.4, -0.2) is 23.6 Å². The van der Waals surface area contributed by atoms with E-state index in [2.05, 4.69) is 36.3 Å².